The van der Waals surface area contributed by atoms with Crippen molar-refractivity contribution in [2.24, 2.45) is 0 Å². The average Bonchev–Trinajstić information content (AvgIpc) is 2.87. The number of benzene rings is 2. The van der Waals surface area contributed by atoms with Gasteiger partial charge in [0.25, 0.3) is 5.91 Å². The summed E-state index contributed by atoms with van der Waals surface area (Å²) in [5, 5.41) is 9.68. The van der Waals surface area contributed by atoms with Crippen LogP contribution < -0.4 is 0 Å². The van der Waals surface area contributed by atoms with E-state index in [1.165, 1.54) is 17.7 Å². The summed E-state index contributed by atoms with van der Waals surface area (Å²) in [6.45, 7) is 1.81. The van der Waals surface area contributed by atoms with Crippen LogP contribution in [-0.2, 0) is 0 Å². The number of hydrogen-bond donors (Lipinski definition) is 1. The van der Waals surface area contributed by atoms with E-state index in [-0.39, 0.29) is 29.6 Å². The van der Waals surface area contributed by atoms with Gasteiger partial charge in [0.2, 0.25) is 0 Å². The SMILES string of the molecule is Cc1cc(C(=O)N2C3CCC2CC(c2ccc(F)cc2)C3)ccc1O. The molecule has 2 aromatic carbocycles. The summed E-state index contributed by atoms with van der Waals surface area (Å²) in [7, 11) is 0. The first-order valence-corrected chi connectivity index (χ1v) is 8.90. The lowest BCUT2D eigenvalue weighted by molar-refractivity contribution is 0.0571. The topological polar surface area (TPSA) is 40.5 Å². The first-order valence-electron chi connectivity index (χ1n) is 8.90. The standard InChI is InChI=1S/C21H22FNO2/c1-13-10-15(4-9-20(13)24)21(25)23-18-7-8-19(23)12-16(11-18)14-2-5-17(22)6-3-14/h2-6,9-10,16,18-19,24H,7-8,11-12H2,1H3. The Balaban J connectivity index is 1.55. The van der Waals surface area contributed by atoms with Crippen molar-refractivity contribution in [3.05, 3.63) is 65.0 Å². The lowest BCUT2D eigenvalue weighted by Crippen LogP contribution is -2.46. The predicted molar refractivity (Wildman–Crippen MR) is 94.2 cm³/mol. The Labute approximate surface area is 147 Å². The highest BCUT2D eigenvalue weighted by Crippen LogP contribution is 2.43. The third kappa shape index (κ3) is 2.90. The Kier molecular flexibility index (Phi) is 3.98. The zero-order chi connectivity index (χ0) is 17.6. The summed E-state index contributed by atoms with van der Waals surface area (Å²) < 4.78 is 13.2. The van der Waals surface area contributed by atoms with E-state index >= 15 is 0 Å². The minimum absolute atomic E-state index is 0.0631. The van der Waals surface area contributed by atoms with E-state index in [2.05, 4.69) is 0 Å². The Morgan fingerprint density at radius 2 is 1.72 bits per heavy atom. The molecule has 2 saturated heterocycles. The number of carbonyl (C=O) groups is 1. The van der Waals surface area contributed by atoms with E-state index < -0.39 is 0 Å². The number of hydrogen-bond acceptors (Lipinski definition) is 2. The van der Waals surface area contributed by atoms with Crippen LogP contribution in [0.1, 0.15) is 53.1 Å². The zero-order valence-corrected chi connectivity index (χ0v) is 14.3. The van der Waals surface area contributed by atoms with Crippen LogP contribution in [0.4, 0.5) is 4.39 Å². The van der Waals surface area contributed by atoms with Gasteiger partial charge >= 0.3 is 0 Å². The first-order chi connectivity index (χ1) is 12.0. The molecule has 3 nitrogen and oxygen atoms in total. The van der Waals surface area contributed by atoms with Gasteiger partial charge in [-0.1, -0.05) is 12.1 Å². The molecule has 0 spiro atoms. The van der Waals surface area contributed by atoms with Gasteiger partial charge in [-0.2, -0.15) is 0 Å². The van der Waals surface area contributed by atoms with Gasteiger partial charge < -0.3 is 10.0 Å². The lowest BCUT2D eigenvalue weighted by atomic mass is 9.84. The van der Waals surface area contributed by atoms with Gasteiger partial charge in [-0.15, -0.1) is 0 Å². The molecule has 25 heavy (non-hydrogen) atoms. The second-order valence-electron chi connectivity index (χ2n) is 7.32. The summed E-state index contributed by atoms with van der Waals surface area (Å²) in [5.41, 5.74) is 2.54. The second-order valence-corrected chi connectivity index (χ2v) is 7.32. The van der Waals surface area contributed by atoms with Crippen molar-refractivity contribution in [3.63, 3.8) is 0 Å². The number of phenolic OH excluding ortho intramolecular Hbond substituents is 1. The third-order valence-corrected chi connectivity index (χ3v) is 5.75. The van der Waals surface area contributed by atoms with Crippen molar-refractivity contribution in [2.45, 2.75) is 50.6 Å². The number of rotatable bonds is 2. The molecule has 1 N–H and O–H groups in total. The minimum Gasteiger partial charge on any atom is -0.508 e. The molecule has 4 rings (SSSR count). The number of nitrogens with zero attached hydrogens (tertiary/aromatic N) is 1. The van der Waals surface area contributed by atoms with Crippen molar-refractivity contribution in [2.75, 3.05) is 0 Å². The number of aromatic hydroxyl groups is 1. The van der Waals surface area contributed by atoms with E-state index in [1.54, 1.807) is 18.2 Å². The third-order valence-electron chi connectivity index (χ3n) is 5.75. The van der Waals surface area contributed by atoms with Crippen molar-refractivity contribution in [1.82, 2.24) is 4.90 Å². The van der Waals surface area contributed by atoms with Crippen LogP contribution in [0.15, 0.2) is 42.5 Å². The molecule has 2 bridgehead atoms. The maximum Gasteiger partial charge on any atom is 0.254 e. The van der Waals surface area contributed by atoms with Crippen LogP contribution in [0.25, 0.3) is 0 Å². The fourth-order valence-corrected chi connectivity index (χ4v) is 4.45. The summed E-state index contributed by atoms with van der Waals surface area (Å²) in [6, 6.07) is 12.4. The van der Waals surface area contributed by atoms with Gasteiger partial charge in [0.1, 0.15) is 11.6 Å². The van der Waals surface area contributed by atoms with Crippen molar-refractivity contribution in [3.8, 4) is 5.75 Å². The molecule has 2 aliphatic heterocycles. The molecule has 2 aliphatic rings. The molecule has 2 fully saturated rings. The van der Waals surface area contributed by atoms with Crippen molar-refractivity contribution >= 4 is 5.91 Å². The van der Waals surface area contributed by atoms with Gasteiger partial charge in [0, 0.05) is 17.6 Å². The molecule has 0 saturated carbocycles. The molecule has 2 aromatic rings. The fraction of sp³-hybridized carbons (Fsp3) is 0.381. The first kappa shape index (κ1) is 16.1. The highest BCUT2D eigenvalue weighted by Gasteiger charge is 2.43. The fourth-order valence-electron chi connectivity index (χ4n) is 4.45. The number of fused-ring (bicyclic) bond motifs is 2. The second kappa shape index (κ2) is 6.17. The minimum atomic E-state index is -0.206. The molecule has 2 heterocycles. The lowest BCUT2D eigenvalue weighted by Gasteiger charge is -2.39. The highest BCUT2D eigenvalue weighted by atomic mass is 19.1. The van der Waals surface area contributed by atoms with Gasteiger partial charge in [-0.3, -0.25) is 4.79 Å². The molecule has 0 radical (unpaired) electrons. The van der Waals surface area contributed by atoms with E-state index in [0.29, 0.717) is 11.5 Å². The summed E-state index contributed by atoms with van der Waals surface area (Å²) in [5.74, 6) is 0.466. The number of carbonyl (C=O) groups excluding carboxylic acids is 1. The van der Waals surface area contributed by atoms with E-state index in [9.17, 15) is 14.3 Å². The summed E-state index contributed by atoms with van der Waals surface area (Å²) >= 11 is 0. The summed E-state index contributed by atoms with van der Waals surface area (Å²) in [4.78, 5) is 15.1. The Morgan fingerprint density at radius 1 is 1.08 bits per heavy atom. The van der Waals surface area contributed by atoms with Crippen LogP contribution in [0, 0.1) is 12.7 Å². The highest BCUT2D eigenvalue weighted by molar-refractivity contribution is 5.95. The maximum atomic E-state index is 13.2. The van der Waals surface area contributed by atoms with Crippen LogP contribution in [0.5, 0.6) is 5.75 Å². The summed E-state index contributed by atoms with van der Waals surface area (Å²) in [6.07, 6.45) is 3.94. The Hall–Kier alpha value is -2.36. The monoisotopic (exact) mass is 339 g/mol. The molecule has 1 amide bonds. The number of halogens is 1. The quantitative estimate of drug-likeness (QED) is 0.881. The van der Waals surface area contributed by atoms with Crippen LogP contribution in [0.2, 0.25) is 0 Å². The smallest absolute Gasteiger partial charge is 0.254 e. The number of amides is 1. The predicted octanol–water partition coefficient (Wildman–Crippen LogP) is 4.39. The molecule has 2 atom stereocenters. The molecule has 0 aromatic heterocycles. The van der Waals surface area contributed by atoms with Crippen molar-refractivity contribution in [1.29, 1.82) is 0 Å². The van der Waals surface area contributed by atoms with Gasteiger partial charge in [0.05, 0.1) is 0 Å². The van der Waals surface area contributed by atoms with Crippen molar-refractivity contribution < 1.29 is 14.3 Å². The van der Waals surface area contributed by atoms with E-state index in [1.807, 2.05) is 24.0 Å². The average molecular weight is 339 g/mol. The molecule has 2 unspecified atom stereocenters. The Bertz CT molecular complexity index is 788. The maximum absolute atomic E-state index is 13.2. The molecule has 130 valence electrons. The normalized spacial score (nSPS) is 25.2. The largest absolute Gasteiger partial charge is 0.508 e. The van der Waals surface area contributed by atoms with Gasteiger partial charge in [0.15, 0.2) is 0 Å². The Morgan fingerprint density at radius 3 is 2.32 bits per heavy atom. The molecular formula is C21H22FNO2. The number of aryl methyl sites for hydroxylation is 1. The van der Waals surface area contributed by atoms with Gasteiger partial charge in [-0.05, 0) is 80.0 Å². The van der Waals surface area contributed by atoms with Crippen LogP contribution >= 0.6 is 0 Å². The van der Waals surface area contributed by atoms with Crippen LogP contribution in [-0.4, -0.2) is 28.0 Å². The number of piperidine rings is 1. The number of phenols is 1. The van der Waals surface area contributed by atoms with E-state index in [0.717, 1.165) is 31.2 Å². The van der Waals surface area contributed by atoms with Gasteiger partial charge in [-0.25, -0.2) is 4.39 Å². The zero-order valence-electron chi connectivity index (χ0n) is 14.3. The molecule has 4 heteroatoms. The molecule has 0 aliphatic carbocycles. The van der Waals surface area contributed by atoms with E-state index in [4.69, 9.17) is 0 Å². The van der Waals surface area contributed by atoms with Crippen LogP contribution in [0.3, 0.4) is 0 Å². The molecular weight excluding hydrogens is 317 g/mol.